The molecule has 0 bridgehead atoms. The number of halogens is 3. The van der Waals surface area contributed by atoms with Crippen LogP contribution in [0.3, 0.4) is 0 Å². The Labute approximate surface area is 267 Å². The van der Waals surface area contributed by atoms with Crippen LogP contribution in [0.1, 0.15) is 44.7 Å². The maximum Gasteiger partial charge on any atom is 0.306 e. The molecule has 0 radical (unpaired) electrons. The van der Waals surface area contributed by atoms with Gasteiger partial charge in [0.05, 0.1) is 42.6 Å². The van der Waals surface area contributed by atoms with Crippen LogP contribution in [0.4, 0.5) is 10.1 Å². The van der Waals surface area contributed by atoms with E-state index in [1.165, 1.54) is 23.1 Å². The lowest BCUT2D eigenvalue weighted by Crippen LogP contribution is -2.59. The molecule has 1 aliphatic heterocycles. The normalized spacial score (nSPS) is 19.2. The van der Waals surface area contributed by atoms with Gasteiger partial charge in [-0.25, -0.2) is 12.8 Å². The van der Waals surface area contributed by atoms with E-state index in [-0.39, 0.29) is 24.8 Å². The highest BCUT2D eigenvalue weighted by atomic mass is 35.5. The molecule has 1 N–H and O–H groups in total. The molecule has 1 saturated carbocycles. The summed E-state index contributed by atoms with van der Waals surface area (Å²) in [5, 5.41) is 10.0. The van der Waals surface area contributed by atoms with Gasteiger partial charge >= 0.3 is 5.97 Å². The van der Waals surface area contributed by atoms with Gasteiger partial charge in [-0.1, -0.05) is 79.5 Å². The van der Waals surface area contributed by atoms with E-state index in [1.54, 1.807) is 30.3 Å². The molecule has 8 nitrogen and oxygen atoms in total. The summed E-state index contributed by atoms with van der Waals surface area (Å²) in [6, 6.07) is 20.6. The summed E-state index contributed by atoms with van der Waals surface area (Å²) in [5.41, 5.74) is 0.630. The predicted octanol–water partition coefficient (Wildman–Crippen LogP) is 6.59. The average Bonchev–Trinajstić information content (AvgIpc) is 3.83. The molecule has 236 valence electrons. The number of rotatable bonds is 10. The maximum absolute atomic E-state index is 14.9. The number of carboxylic acids is 1. The van der Waals surface area contributed by atoms with Gasteiger partial charge in [-0.15, -0.1) is 0 Å². The Bertz CT molecular complexity index is 1540. The smallest absolute Gasteiger partial charge is 0.306 e. The number of morpholine rings is 1. The number of amides is 1. The van der Waals surface area contributed by atoms with Crippen LogP contribution in [0.2, 0.25) is 10.0 Å². The van der Waals surface area contributed by atoms with Gasteiger partial charge in [-0.3, -0.25) is 13.9 Å². The third kappa shape index (κ3) is 8.29. The molecule has 1 unspecified atom stereocenters. The molecule has 1 amide bonds. The van der Waals surface area contributed by atoms with Gasteiger partial charge in [0, 0.05) is 10.0 Å². The van der Waals surface area contributed by atoms with Crippen molar-refractivity contribution in [3.8, 4) is 0 Å². The fourth-order valence-electron chi connectivity index (χ4n) is 5.06. The van der Waals surface area contributed by atoms with Crippen LogP contribution in [-0.2, 0) is 24.3 Å². The number of benzene rings is 3. The van der Waals surface area contributed by atoms with Crippen LogP contribution in [0.25, 0.3) is 0 Å². The molecule has 44 heavy (non-hydrogen) atoms. The third-order valence-corrected chi connectivity index (χ3v) is 10.3. The first kappa shape index (κ1) is 33.7. The lowest BCUT2D eigenvalue weighted by molar-refractivity contribution is -0.170. The Morgan fingerprint density at radius 3 is 2.11 bits per heavy atom. The van der Waals surface area contributed by atoms with Crippen molar-refractivity contribution in [1.29, 1.82) is 0 Å². The van der Waals surface area contributed by atoms with Crippen molar-refractivity contribution in [2.45, 2.75) is 56.5 Å². The van der Waals surface area contributed by atoms with E-state index in [4.69, 9.17) is 27.9 Å². The highest BCUT2D eigenvalue weighted by Crippen LogP contribution is 2.38. The second-order valence-electron chi connectivity index (χ2n) is 11.1. The molecule has 2 aliphatic rings. The highest BCUT2D eigenvalue weighted by molar-refractivity contribution is 7.93. The number of ether oxygens (including phenoxy) is 1. The minimum absolute atomic E-state index is 0.0175. The van der Waals surface area contributed by atoms with Crippen molar-refractivity contribution >= 4 is 50.8 Å². The largest absolute Gasteiger partial charge is 0.481 e. The first-order valence-electron chi connectivity index (χ1n) is 14.3. The molecular weight excluding hydrogens is 630 g/mol. The van der Waals surface area contributed by atoms with E-state index in [0.29, 0.717) is 23.4 Å². The van der Waals surface area contributed by atoms with E-state index in [9.17, 15) is 27.5 Å². The maximum atomic E-state index is 14.9. The van der Waals surface area contributed by atoms with Crippen molar-refractivity contribution in [3.63, 3.8) is 0 Å². The molecule has 3 aromatic carbocycles. The van der Waals surface area contributed by atoms with Crippen LogP contribution in [0.5, 0.6) is 0 Å². The summed E-state index contributed by atoms with van der Waals surface area (Å²) in [6.45, 7) is 3.53. The summed E-state index contributed by atoms with van der Waals surface area (Å²) < 4.78 is 48.7. The van der Waals surface area contributed by atoms with Gasteiger partial charge < -0.3 is 14.7 Å². The second-order valence-corrected chi connectivity index (χ2v) is 14.1. The lowest BCUT2D eigenvalue weighted by atomic mass is 9.94. The zero-order valence-electron chi connectivity index (χ0n) is 24.4. The Hall–Kier alpha value is -3.18. The quantitative estimate of drug-likeness (QED) is 0.262. The molecule has 2 fully saturated rings. The second kappa shape index (κ2) is 14.7. The first-order chi connectivity index (χ1) is 20.9. The molecular formula is C32H35Cl2FN2O6S. The van der Waals surface area contributed by atoms with Crippen molar-refractivity contribution < 1.29 is 32.2 Å². The number of hydrogen-bond donors (Lipinski definition) is 1. The zero-order valence-corrected chi connectivity index (χ0v) is 26.7. The standard InChI is InChI=1S/C26H30ClFN2O6S.C6H5Cl/c1-16(2)22(14-29(37(34,35)19-11-12-19)21-6-4-3-5-20(21)28)30-23(17-7-9-18(27)10-8-17)15-36-24(26(30)33)13-25(31)32;7-6-4-2-1-3-5-6/h3-10,16,19,22-24H,11-15H2,1-2H3,(H,31,32);1-5H/t22?,23-,24+;/m0./s1. The Kier molecular flexibility index (Phi) is 11.3. The monoisotopic (exact) mass is 664 g/mol. The van der Waals surface area contributed by atoms with Crippen LogP contribution in [0, 0.1) is 11.7 Å². The molecule has 3 atom stereocenters. The number of carbonyl (C=O) groups excluding carboxylic acids is 1. The van der Waals surface area contributed by atoms with Gasteiger partial charge in [-0.2, -0.15) is 0 Å². The molecule has 1 aliphatic carbocycles. The Morgan fingerprint density at radius 1 is 1.00 bits per heavy atom. The van der Waals surface area contributed by atoms with E-state index in [1.807, 2.05) is 44.2 Å². The lowest BCUT2D eigenvalue weighted by Gasteiger charge is -2.46. The SMILES string of the molecule is CC(C)C(CN(c1ccccc1F)S(=O)(=O)C1CC1)N1C(=O)[C@@H](CC(=O)O)OC[C@H]1c1ccc(Cl)cc1.Clc1ccccc1. The van der Waals surface area contributed by atoms with Crippen molar-refractivity contribution in [3.05, 3.63) is 100 Å². The summed E-state index contributed by atoms with van der Waals surface area (Å²) in [4.78, 5) is 26.7. The molecule has 1 saturated heterocycles. The van der Waals surface area contributed by atoms with Crippen molar-refractivity contribution in [2.75, 3.05) is 17.5 Å². The predicted molar refractivity (Wildman–Crippen MR) is 169 cm³/mol. The zero-order chi connectivity index (χ0) is 32.0. The fourth-order valence-corrected chi connectivity index (χ4v) is 7.21. The van der Waals surface area contributed by atoms with Gasteiger partial charge in [-0.05, 0) is 60.7 Å². The summed E-state index contributed by atoms with van der Waals surface area (Å²) in [5.74, 6) is -2.68. The number of carboxylic acid groups (broad SMARTS) is 1. The van der Waals surface area contributed by atoms with E-state index in [2.05, 4.69) is 0 Å². The topological polar surface area (TPSA) is 104 Å². The third-order valence-electron chi connectivity index (χ3n) is 7.52. The van der Waals surface area contributed by atoms with Crippen LogP contribution >= 0.6 is 23.2 Å². The number of nitrogens with zero attached hydrogens (tertiary/aromatic N) is 2. The van der Waals surface area contributed by atoms with Crippen LogP contribution in [-0.4, -0.2) is 60.8 Å². The summed E-state index contributed by atoms with van der Waals surface area (Å²) in [6.07, 6.45) is -0.761. The highest BCUT2D eigenvalue weighted by Gasteiger charge is 2.46. The number of sulfonamides is 1. The van der Waals surface area contributed by atoms with E-state index in [0.717, 1.165) is 9.33 Å². The molecule has 3 aromatic rings. The number of para-hydroxylation sites is 1. The van der Waals surface area contributed by atoms with Crippen molar-refractivity contribution in [2.24, 2.45) is 5.92 Å². The van der Waals surface area contributed by atoms with Crippen LogP contribution < -0.4 is 4.31 Å². The molecule has 12 heteroatoms. The van der Waals surface area contributed by atoms with Gasteiger partial charge in [0.2, 0.25) is 10.0 Å². The minimum Gasteiger partial charge on any atom is -0.481 e. The molecule has 0 spiro atoms. The van der Waals surface area contributed by atoms with Crippen LogP contribution in [0.15, 0.2) is 78.9 Å². The van der Waals surface area contributed by atoms with E-state index >= 15 is 0 Å². The summed E-state index contributed by atoms with van der Waals surface area (Å²) in [7, 11) is -3.90. The number of hydrogen-bond acceptors (Lipinski definition) is 5. The van der Waals surface area contributed by atoms with Gasteiger partial charge in [0.1, 0.15) is 11.9 Å². The first-order valence-corrected chi connectivity index (χ1v) is 16.5. The summed E-state index contributed by atoms with van der Waals surface area (Å²) >= 11 is 11.6. The number of anilines is 1. The Morgan fingerprint density at radius 2 is 1.59 bits per heavy atom. The number of aliphatic carboxylic acids is 1. The van der Waals surface area contributed by atoms with Crippen molar-refractivity contribution in [1.82, 2.24) is 4.90 Å². The molecule has 5 rings (SSSR count). The molecule has 0 aromatic heterocycles. The Balaban J connectivity index is 0.000000555. The minimum atomic E-state index is -3.90. The van der Waals surface area contributed by atoms with Gasteiger partial charge in [0.25, 0.3) is 5.91 Å². The van der Waals surface area contributed by atoms with Gasteiger partial charge in [0.15, 0.2) is 0 Å². The molecule has 1 heterocycles. The average molecular weight is 666 g/mol. The number of carbonyl (C=O) groups is 2. The van der Waals surface area contributed by atoms with E-state index < -0.39 is 57.6 Å². The fraction of sp³-hybridized carbons (Fsp3) is 0.375.